The van der Waals surface area contributed by atoms with E-state index < -0.39 is 0 Å². The van der Waals surface area contributed by atoms with Crippen LogP contribution in [0.1, 0.15) is 31.6 Å². The van der Waals surface area contributed by atoms with Crippen LogP contribution in [-0.4, -0.2) is 46.0 Å². The standard InChI is InChI=1S/C13H23N5O/c1-10(13-15-5-8-17(13)2)16-11-3-6-18(7-4-11)9-12(14)19/h5,8,10-11,16H,3-4,6-7,9H2,1-2H3,(H2,14,19). The van der Waals surface area contributed by atoms with Gasteiger partial charge in [-0.05, 0) is 19.8 Å². The fourth-order valence-corrected chi connectivity index (χ4v) is 2.70. The number of rotatable bonds is 5. The van der Waals surface area contributed by atoms with Gasteiger partial charge in [0.15, 0.2) is 0 Å². The Balaban J connectivity index is 1.79. The summed E-state index contributed by atoms with van der Waals surface area (Å²) in [7, 11) is 2.01. The van der Waals surface area contributed by atoms with Crippen molar-refractivity contribution in [3.05, 3.63) is 18.2 Å². The van der Waals surface area contributed by atoms with Gasteiger partial charge in [-0.1, -0.05) is 0 Å². The van der Waals surface area contributed by atoms with E-state index in [0.717, 1.165) is 31.8 Å². The van der Waals surface area contributed by atoms with Gasteiger partial charge in [-0.25, -0.2) is 4.98 Å². The number of piperidine rings is 1. The molecule has 0 aliphatic carbocycles. The van der Waals surface area contributed by atoms with Gasteiger partial charge < -0.3 is 15.6 Å². The van der Waals surface area contributed by atoms with Crippen molar-refractivity contribution in [3.63, 3.8) is 0 Å². The van der Waals surface area contributed by atoms with Crippen molar-refractivity contribution in [2.45, 2.75) is 31.8 Å². The fraction of sp³-hybridized carbons (Fsp3) is 0.692. The molecule has 1 saturated heterocycles. The predicted octanol–water partition coefficient (Wildman–Crippen LogP) is 0.0204. The van der Waals surface area contributed by atoms with Gasteiger partial charge in [-0.15, -0.1) is 0 Å². The van der Waals surface area contributed by atoms with E-state index in [0.29, 0.717) is 12.6 Å². The highest BCUT2D eigenvalue weighted by molar-refractivity contribution is 5.75. The molecule has 6 nitrogen and oxygen atoms in total. The van der Waals surface area contributed by atoms with Gasteiger partial charge >= 0.3 is 0 Å². The van der Waals surface area contributed by atoms with Crippen LogP contribution in [0.3, 0.4) is 0 Å². The van der Waals surface area contributed by atoms with E-state index in [9.17, 15) is 4.79 Å². The van der Waals surface area contributed by atoms with E-state index in [1.165, 1.54) is 0 Å². The highest BCUT2D eigenvalue weighted by Gasteiger charge is 2.22. The van der Waals surface area contributed by atoms with Crippen molar-refractivity contribution in [3.8, 4) is 0 Å². The second-order valence-electron chi connectivity index (χ2n) is 5.30. The van der Waals surface area contributed by atoms with Crippen LogP contribution in [-0.2, 0) is 11.8 Å². The van der Waals surface area contributed by atoms with Gasteiger partial charge in [0, 0.05) is 38.6 Å². The Hall–Kier alpha value is -1.40. The fourth-order valence-electron chi connectivity index (χ4n) is 2.70. The van der Waals surface area contributed by atoms with E-state index in [2.05, 4.69) is 22.1 Å². The lowest BCUT2D eigenvalue weighted by Gasteiger charge is -2.33. The van der Waals surface area contributed by atoms with Crippen LogP contribution >= 0.6 is 0 Å². The van der Waals surface area contributed by atoms with Crippen LogP contribution in [0.5, 0.6) is 0 Å². The third-order valence-electron chi connectivity index (χ3n) is 3.70. The Labute approximate surface area is 114 Å². The number of nitrogens with zero attached hydrogens (tertiary/aromatic N) is 3. The first-order chi connectivity index (χ1) is 9.06. The Bertz CT molecular complexity index is 422. The van der Waals surface area contributed by atoms with Crippen LogP contribution in [0.25, 0.3) is 0 Å². The zero-order valence-electron chi connectivity index (χ0n) is 11.7. The molecule has 1 fully saturated rings. The lowest BCUT2D eigenvalue weighted by Crippen LogP contribution is -2.45. The second-order valence-corrected chi connectivity index (χ2v) is 5.30. The van der Waals surface area contributed by atoms with E-state index in [1.807, 2.05) is 24.0 Å². The number of nitrogens with two attached hydrogens (primary N) is 1. The molecule has 1 aromatic heterocycles. The van der Waals surface area contributed by atoms with E-state index in [-0.39, 0.29) is 11.9 Å². The molecule has 1 aromatic rings. The van der Waals surface area contributed by atoms with Gasteiger partial charge in [0.05, 0.1) is 12.6 Å². The number of hydrogen-bond donors (Lipinski definition) is 2. The van der Waals surface area contributed by atoms with Crippen LogP contribution in [0, 0.1) is 0 Å². The molecule has 2 heterocycles. The summed E-state index contributed by atoms with van der Waals surface area (Å²) >= 11 is 0. The summed E-state index contributed by atoms with van der Waals surface area (Å²) in [4.78, 5) is 17.4. The first kappa shape index (κ1) is 14.0. The van der Waals surface area contributed by atoms with Crippen LogP contribution in [0.2, 0.25) is 0 Å². The van der Waals surface area contributed by atoms with Gasteiger partial charge in [-0.2, -0.15) is 0 Å². The minimum Gasteiger partial charge on any atom is -0.369 e. The number of amides is 1. The molecular formula is C13H23N5O. The molecule has 3 N–H and O–H groups in total. The maximum absolute atomic E-state index is 10.9. The number of likely N-dealkylation sites (tertiary alicyclic amines) is 1. The minimum atomic E-state index is -0.243. The van der Waals surface area contributed by atoms with Gasteiger partial charge in [0.2, 0.25) is 5.91 Å². The lowest BCUT2D eigenvalue weighted by atomic mass is 10.0. The summed E-state index contributed by atoms with van der Waals surface area (Å²) in [6.45, 7) is 4.36. The number of imidazole rings is 1. The van der Waals surface area contributed by atoms with Gasteiger partial charge in [-0.3, -0.25) is 9.69 Å². The van der Waals surface area contributed by atoms with Crippen LogP contribution < -0.4 is 11.1 Å². The summed E-state index contributed by atoms with van der Waals surface area (Å²) in [6.07, 6.45) is 5.87. The van der Waals surface area contributed by atoms with Crippen molar-refractivity contribution in [1.29, 1.82) is 0 Å². The molecule has 19 heavy (non-hydrogen) atoms. The van der Waals surface area contributed by atoms with Crippen LogP contribution in [0.4, 0.5) is 0 Å². The van der Waals surface area contributed by atoms with E-state index in [1.54, 1.807) is 0 Å². The lowest BCUT2D eigenvalue weighted by molar-refractivity contribution is -0.119. The number of nitrogens with one attached hydrogen (secondary N) is 1. The summed E-state index contributed by atoms with van der Waals surface area (Å²) in [6, 6.07) is 0.725. The Morgan fingerprint density at radius 2 is 2.26 bits per heavy atom. The summed E-state index contributed by atoms with van der Waals surface area (Å²) in [5.74, 6) is 0.812. The highest BCUT2D eigenvalue weighted by Crippen LogP contribution is 2.15. The summed E-state index contributed by atoms with van der Waals surface area (Å²) in [5, 5.41) is 3.61. The number of aryl methyl sites for hydroxylation is 1. The number of hydrogen-bond acceptors (Lipinski definition) is 4. The molecule has 1 atom stereocenters. The summed E-state index contributed by atoms with van der Waals surface area (Å²) in [5.41, 5.74) is 5.21. The molecule has 6 heteroatoms. The first-order valence-corrected chi connectivity index (χ1v) is 6.80. The van der Waals surface area contributed by atoms with E-state index >= 15 is 0 Å². The van der Waals surface area contributed by atoms with Crippen LogP contribution in [0.15, 0.2) is 12.4 Å². The molecule has 0 radical (unpaired) electrons. The molecule has 1 amide bonds. The Morgan fingerprint density at radius 3 is 2.79 bits per heavy atom. The largest absolute Gasteiger partial charge is 0.369 e. The molecule has 0 spiro atoms. The zero-order chi connectivity index (χ0) is 13.8. The predicted molar refractivity (Wildman–Crippen MR) is 73.4 cm³/mol. The summed E-state index contributed by atoms with van der Waals surface area (Å²) < 4.78 is 2.04. The Morgan fingerprint density at radius 1 is 1.58 bits per heavy atom. The monoisotopic (exact) mass is 265 g/mol. The Kier molecular flexibility index (Phi) is 4.55. The van der Waals surface area contributed by atoms with Crippen molar-refractivity contribution < 1.29 is 4.79 Å². The zero-order valence-corrected chi connectivity index (χ0v) is 11.7. The van der Waals surface area contributed by atoms with Crippen molar-refractivity contribution in [1.82, 2.24) is 19.8 Å². The smallest absolute Gasteiger partial charge is 0.231 e. The topological polar surface area (TPSA) is 76.2 Å². The molecular weight excluding hydrogens is 242 g/mol. The molecule has 0 saturated carbocycles. The highest BCUT2D eigenvalue weighted by atomic mass is 16.1. The molecule has 1 unspecified atom stereocenters. The number of aromatic nitrogens is 2. The maximum atomic E-state index is 10.9. The first-order valence-electron chi connectivity index (χ1n) is 6.80. The third-order valence-corrected chi connectivity index (χ3v) is 3.70. The average molecular weight is 265 g/mol. The third kappa shape index (κ3) is 3.78. The van der Waals surface area contributed by atoms with Gasteiger partial charge in [0.25, 0.3) is 0 Å². The maximum Gasteiger partial charge on any atom is 0.231 e. The van der Waals surface area contributed by atoms with Crippen molar-refractivity contribution in [2.75, 3.05) is 19.6 Å². The molecule has 1 aliphatic heterocycles. The molecule has 0 bridgehead atoms. The second kappa shape index (κ2) is 6.16. The average Bonchev–Trinajstić information content (AvgIpc) is 2.77. The normalized spacial score (nSPS) is 19.5. The van der Waals surface area contributed by atoms with Crippen molar-refractivity contribution in [2.24, 2.45) is 12.8 Å². The van der Waals surface area contributed by atoms with Gasteiger partial charge in [0.1, 0.15) is 5.82 Å². The minimum absolute atomic E-state index is 0.243. The van der Waals surface area contributed by atoms with E-state index in [4.69, 9.17) is 5.73 Å². The molecule has 0 aromatic carbocycles. The molecule has 106 valence electrons. The number of carbonyl (C=O) groups is 1. The number of carbonyl (C=O) groups excluding carboxylic acids is 1. The molecule has 2 rings (SSSR count). The SMILES string of the molecule is CC(NC1CCN(CC(N)=O)CC1)c1nccn1C. The van der Waals surface area contributed by atoms with Crippen molar-refractivity contribution >= 4 is 5.91 Å². The quantitative estimate of drug-likeness (QED) is 0.787. The number of primary amides is 1. The molecule has 1 aliphatic rings.